The molecule has 0 radical (unpaired) electrons. The Morgan fingerprint density at radius 2 is 1.93 bits per heavy atom. The molecule has 0 fully saturated rings. The molecule has 0 aliphatic rings. The third-order valence-corrected chi connectivity index (χ3v) is 5.69. The van der Waals surface area contributed by atoms with Crippen LogP contribution in [0, 0.1) is 6.92 Å². The van der Waals surface area contributed by atoms with Crippen molar-refractivity contribution in [3.05, 3.63) is 69.0 Å². The Balaban J connectivity index is 2.23. The van der Waals surface area contributed by atoms with Crippen molar-refractivity contribution in [3.8, 4) is 27.4 Å². The molecule has 0 saturated heterocycles. The lowest BCUT2D eigenvalue weighted by molar-refractivity contribution is 0.0664. The van der Waals surface area contributed by atoms with Crippen molar-refractivity contribution in [2.45, 2.75) is 20.3 Å². The summed E-state index contributed by atoms with van der Waals surface area (Å²) in [7, 11) is 0. The van der Waals surface area contributed by atoms with Gasteiger partial charge in [0, 0.05) is 28.3 Å². The number of carbonyl (C=O) groups is 1. The maximum atomic E-state index is 13.6. The van der Waals surface area contributed by atoms with E-state index in [0.29, 0.717) is 28.2 Å². The molecule has 0 atom stereocenters. The number of carboxylic acid groups (broad SMARTS) is 1. The third kappa shape index (κ3) is 3.09. The second-order valence-electron chi connectivity index (χ2n) is 6.58. The molecule has 4 aromatic rings. The van der Waals surface area contributed by atoms with Crippen molar-refractivity contribution >= 4 is 28.3 Å². The summed E-state index contributed by atoms with van der Waals surface area (Å²) in [5, 5.41) is 22.5. The Bertz CT molecular complexity index is 1300. The monoisotopic (exact) mass is 407 g/mol. The summed E-state index contributed by atoms with van der Waals surface area (Å²) in [5.74, 6) is -1.90. The molecule has 6 nitrogen and oxygen atoms in total. The molecule has 7 heteroatoms. The SMILES string of the molecule is CCc1c(O)cc2oc(C(=O)O)c(-c3nc(C)cs3)c(=O)c2c1-c1ccccc1. The van der Waals surface area contributed by atoms with Crippen molar-refractivity contribution in [3.63, 3.8) is 0 Å². The highest BCUT2D eigenvalue weighted by Crippen LogP contribution is 2.38. The van der Waals surface area contributed by atoms with Gasteiger partial charge < -0.3 is 14.6 Å². The van der Waals surface area contributed by atoms with Crippen molar-refractivity contribution in [2.75, 3.05) is 0 Å². The molecule has 0 saturated carbocycles. The quantitative estimate of drug-likeness (QED) is 0.501. The van der Waals surface area contributed by atoms with Crippen LogP contribution in [0.25, 0.3) is 32.7 Å². The van der Waals surface area contributed by atoms with Crippen LogP contribution in [0.1, 0.15) is 28.7 Å². The molecule has 2 N–H and O–H groups in total. The Morgan fingerprint density at radius 1 is 1.21 bits per heavy atom. The second-order valence-corrected chi connectivity index (χ2v) is 7.43. The van der Waals surface area contributed by atoms with Crippen molar-refractivity contribution < 1.29 is 19.4 Å². The average molecular weight is 407 g/mol. The molecule has 0 amide bonds. The molecular weight excluding hydrogens is 390 g/mol. The van der Waals surface area contributed by atoms with Crippen LogP contribution in [-0.2, 0) is 6.42 Å². The fourth-order valence-electron chi connectivity index (χ4n) is 3.48. The zero-order valence-electron chi connectivity index (χ0n) is 15.7. The van der Waals surface area contributed by atoms with Gasteiger partial charge in [-0.05, 0) is 18.9 Å². The fourth-order valence-corrected chi connectivity index (χ4v) is 4.31. The first-order valence-electron chi connectivity index (χ1n) is 8.99. The molecule has 2 aromatic heterocycles. The number of rotatable bonds is 4. The Labute approximate surface area is 169 Å². The minimum absolute atomic E-state index is 0.0259. The van der Waals surface area contributed by atoms with E-state index < -0.39 is 17.2 Å². The molecule has 0 aliphatic heterocycles. The van der Waals surface area contributed by atoms with Crippen molar-refractivity contribution in [1.82, 2.24) is 4.98 Å². The van der Waals surface area contributed by atoms with Crippen LogP contribution >= 0.6 is 11.3 Å². The number of hydrogen-bond donors (Lipinski definition) is 2. The summed E-state index contributed by atoms with van der Waals surface area (Å²) in [6.07, 6.45) is 0.484. The Kier molecular flexibility index (Phi) is 4.68. The van der Waals surface area contributed by atoms with Gasteiger partial charge >= 0.3 is 5.97 Å². The number of aromatic nitrogens is 1. The van der Waals surface area contributed by atoms with E-state index in [9.17, 15) is 19.8 Å². The van der Waals surface area contributed by atoms with Gasteiger partial charge in [-0.2, -0.15) is 0 Å². The zero-order valence-corrected chi connectivity index (χ0v) is 16.5. The van der Waals surface area contributed by atoms with Gasteiger partial charge in [0.1, 0.15) is 21.9 Å². The number of thiazole rings is 1. The maximum absolute atomic E-state index is 13.6. The first kappa shape index (κ1) is 18.9. The van der Waals surface area contributed by atoms with Crippen molar-refractivity contribution in [2.24, 2.45) is 0 Å². The molecular formula is C22H17NO5S. The number of phenols is 1. The highest BCUT2D eigenvalue weighted by molar-refractivity contribution is 7.13. The van der Waals surface area contributed by atoms with Gasteiger partial charge in [-0.1, -0.05) is 37.3 Å². The van der Waals surface area contributed by atoms with E-state index >= 15 is 0 Å². The topological polar surface area (TPSA) is 101 Å². The zero-order chi connectivity index (χ0) is 20.7. The molecule has 0 spiro atoms. The van der Waals surface area contributed by atoms with E-state index in [1.807, 2.05) is 37.3 Å². The van der Waals surface area contributed by atoms with Crippen LogP contribution in [0.3, 0.4) is 0 Å². The van der Waals surface area contributed by atoms with Gasteiger partial charge in [-0.15, -0.1) is 11.3 Å². The van der Waals surface area contributed by atoms with Crippen molar-refractivity contribution in [1.29, 1.82) is 0 Å². The average Bonchev–Trinajstić information content (AvgIpc) is 3.13. The third-order valence-electron chi connectivity index (χ3n) is 4.71. The standard InChI is InChI=1S/C22H17NO5S/c1-3-13-14(24)9-15-17(16(13)12-7-5-4-6-8-12)19(25)18(20(28-15)22(26)27)21-23-11(2)10-29-21/h4-10,24H,3H2,1-2H3,(H,26,27). The maximum Gasteiger partial charge on any atom is 0.372 e. The molecule has 4 rings (SSSR count). The van der Waals surface area contributed by atoms with E-state index in [1.165, 1.54) is 17.4 Å². The molecule has 2 aromatic carbocycles. The van der Waals surface area contributed by atoms with Crippen LogP contribution in [0.2, 0.25) is 0 Å². The first-order chi connectivity index (χ1) is 13.9. The highest BCUT2D eigenvalue weighted by atomic mass is 32.1. The number of fused-ring (bicyclic) bond motifs is 1. The van der Waals surface area contributed by atoms with Crippen LogP contribution in [0.4, 0.5) is 0 Å². The number of aromatic carboxylic acids is 1. The largest absolute Gasteiger partial charge is 0.508 e. The Hall–Kier alpha value is -3.45. The van der Waals surface area contributed by atoms with Gasteiger partial charge in [-0.25, -0.2) is 9.78 Å². The molecule has 0 unspecified atom stereocenters. The summed E-state index contributed by atoms with van der Waals surface area (Å²) in [6, 6.07) is 10.5. The second kappa shape index (κ2) is 7.18. The lowest BCUT2D eigenvalue weighted by atomic mass is 9.92. The summed E-state index contributed by atoms with van der Waals surface area (Å²) in [6.45, 7) is 3.65. The number of nitrogens with zero attached hydrogens (tertiary/aromatic N) is 1. The number of hydrogen-bond acceptors (Lipinski definition) is 6. The predicted molar refractivity (Wildman–Crippen MR) is 112 cm³/mol. The van der Waals surface area contributed by atoms with Gasteiger partial charge in [-0.3, -0.25) is 4.79 Å². The van der Waals surface area contributed by atoms with E-state index in [-0.39, 0.29) is 22.3 Å². The smallest absolute Gasteiger partial charge is 0.372 e. The summed E-state index contributed by atoms with van der Waals surface area (Å²) in [4.78, 5) is 29.7. The van der Waals surface area contributed by atoms with Crippen LogP contribution in [0.15, 0.2) is 51.0 Å². The van der Waals surface area contributed by atoms with Gasteiger partial charge in [0.25, 0.3) is 0 Å². The van der Waals surface area contributed by atoms with Gasteiger partial charge in [0.15, 0.2) is 0 Å². The van der Waals surface area contributed by atoms with Crippen LogP contribution < -0.4 is 5.43 Å². The van der Waals surface area contributed by atoms with Gasteiger partial charge in [0.05, 0.1) is 5.39 Å². The summed E-state index contributed by atoms with van der Waals surface area (Å²) < 4.78 is 5.65. The van der Waals surface area contributed by atoms with E-state index in [0.717, 1.165) is 5.56 Å². The summed E-state index contributed by atoms with van der Waals surface area (Å²) >= 11 is 1.19. The minimum Gasteiger partial charge on any atom is -0.508 e. The number of benzene rings is 2. The fraction of sp³-hybridized carbons (Fsp3) is 0.136. The van der Waals surface area contributed by atoms with Crippen LogP contribution in [-0.4, -0.2) is 21.2 Å². The number of carboxylic acids is 1. The van der Waals surface area contributed by atoms with E-state index in [4.69, 9.17) is 4.42 Å². The first-order valence-corrected chi connectivity index (χ1v) is 9.87. The molecule has 0 aliphatic carbocycles. The number of aryl methyl sites for hydroxylation is 1. The lowest BCUT2D eigenvalue weighted by Gasteiger charge is -2.15. The normalized spacial score (nSPS) is 11.1. The molecule has 29 heavy (non-hydrogen) atoms. The highest BCUT2D eigenvalue weighted by Gasteiger charge is 2.27. The molecule has 146 valence electrons. The number of aromatic hydroxyl groups is 1. The van der Waals surface area contributed by atoms with E-state index in [2.05, 4.69) is 4.98 Å². The molecule has 2 heterocycles. The lowest BCUT2D eigenvalue weighted by Crippen LogP contribution is -2.14. The van der Waals surface area contributed by atoms with Crippen LogP contribution in [0.5, 0.6) is 5.75 Å². The predicted octanol–water partition coefficient (Wildman–Crippen LogP) is 4.86. The number of phenolic OH excluding ortho intramolecular Hbond substituents is 1. The Morgan fingerprint density at radius 3 is 2.52 bits per heavy atom. The van der Waals surface area contributed by atoms with E-state index in [1.54, 1.807) is 12.3 Å². The van der Waals surface area contributed by atoms with Gasteiger partial charge in [0.2, 0.25) is 11.2 Å². The minimum atomic E-state index is -1.37. The summed E-state index contributed by atoms with van der Waals surface area (Å²) in [5.41, 5.74) is 2.03. The molecule has 0 bridgehead atoms.